The third-order valence-corrected chi connectivity index (χ3v) is 4.60. The van der Waals surface area contributed by atoms with Gasteiger partial charge in [0.2, 0.25) is 0 Å². The Bertz CT molecular complexity index is 1030. The molecule has 3 aromatic rings. The normalized spacial score (nSPS) is 11.6. The fraction of sp³-hybridized carbons (Fsp3) is 0.130. The van der Waals surface area contributed by atoms with Crippen LogP contribution in [-0.2, 0) is 4.79 Å². The lowest BCUT2D eigenvalue weighted by Crippen LogP contribution is -2.30. The van der Waals surface area contributed by atoms with E-state index in [-0.39, 0.29) is 11.7 Å². The first-order valence-corrected chi connectivity index (χ1v) is 9.35. The Balaban J connectivity index is 1.64. The second-order valence-electron chi connectivity index (χ2n) is 6.57. The summed E-state index contributed by atoms with van der Waals surface area (Å²) in [5.74, 6) is -0.489. The summed E-state index contributed by atoms with van der Waals surface area (Å²) in [7, 11) is 0. The van der Waals surface area contributed by atoms with E-state index >= 15 is 0 Å². The minimum atomic E-state index is -0.757. The van der Waals surface area contributed by atoms with Crippen LogP contribution in [0.3, 0.4) is 0 Å². The quantitative estimate of drug-likeness (QED) is 0.550. The van der Waals surface area contributed by atoms with Gasteiger partial charge in [-0.25, -0.2) is 4.39 Å². The average molecular weight is 412 g/mol. The van der Waals surface area contributed by atoms with Crippen molar-refractivity contribution in [3.63, 3.8) is 0 Å². The predicted octanol–water partition coefficient (Wildman–Crippen LogP) is 5.42. The van der Waals surface area contributed by atoms with Crippen LogP contribution in [0.15, 0.2) is 66.7 Å². The Kier molecular flexibility index (Phi) is 6.29. The maximum Gasteiger partial charge on any atom is 0.265 e. The molecule has 1 N–H and O–H groups in total. The predicted molar refractivity (Wildman–Crippen MR) is 111 cm³/mol. The van der Waals surface area contributed by atoms with Gasteiger partial charge in [-0.05, 0) is 80.1 Å². The zero-order valence-corrected chi connectivity index (χ0v) is 16.7. The summed E-state index contributed by atoms with van der Waals surface area (Å²) in [5, 5.41) is 3.32. The molecule has 1 unspecified atom stereocenters. The molecule has 1 atom stereocenters. The van der Waals surface area contributed by atoms with Crippen molar-refractivity contribution in [1.82, 2.24) is 0 Å². The average Bonchev–Trinajstić information content (AvgIpc) is 2.71. The molecule has 0 aromatic heterocycles. The van der Waals surface area contributed by atoms with Crippen LogP contribution in [0.1, 0.15) is 28.4 Å². The Morgan fingerprint density at radius 2 is 1.55 bits per heavy atom. The third kappa shape index (κ3) is 5.21. The molecular formula is C23H19ClFNO3. The van der Waals surface area contributed by atoms with E-state index in [1.165, 1.54) is 24.3 Å². The zero-order valence-electron chi connectivity index (χ0n) is 15.9. The van der Waals surface area contributed by atoms with Crippen molar-refractivity contribution in [1.29, 1.82) is 0 Å². The van der Waals surface area contributed by atoms with Gasteiger partial charge in [-0.2, -0.15) is 0 Å². The largest absolute Gasteiger partial charge is 0.481 e. The summed E-state index contributed by atoms with van der Waals surface area (Å²) in [6, 6.07) is 17.0. The molecule has 1 amide bonds. The fourth-order valence-corrected chi connectivity index (χ4v) is 2.85. The number of ether oxygens (including phenoxy) is 1. The smallest absolute Gasteiger partial charge is 0.265 e. The van der Waals surface area contributed by atoms with Crippen molar-refractivity contribution >= 4 is 29.0 Å². The van der Waals surface area contributed by atoms with Gasteiger partial charge in [0, 0.05) is 21.8 Å². The van der Waals surface area contributed by atoms with Gasteiger partial charge in [0.25, 0.3) is 5.91 Å². The SMILES string of the molecule is Cc1ccc(Cl)cc1NC(=O)C(C)Oc1ccc(C(=O)c2ccc(F)cc2)cc1. The van der Waals surface area contributed by atoms with Crippen LogP contribution in [0.4, 0.5) is 10.1 Å². The van der Waals surface area contributed by atoms with Crippen molar-refractivity contribution in [2.45, 2.75) is 20.0 Å². The van der Waals surface area contributed by atoms with Crippen molar-refractivity contribution in [3.8, 4) is 5.75 Å². The summed E-state index contributed by atoms with van der Waals surface area (Å²) < 4.78 is 18.7. The van der Waals surface area contributed by atoms with Crippen LogP contribution >= 0.6 is 11.6 Å². The van der Waals surface area contributed by atoms with Gasteiger partial charge in [0.05, 0.1) is 0 Å². The van der Waals surface area contributed by atoms with Gasteiger partial charge in [-0.3, -0.25) is 9.59 Å². The first-order chi connectivity index (χ1) is 13.8. The number of ketones is 1. The first-order valence-electron chi connectivity index (χ1n) is 8.97. The number of halogens is 2. The molecule has 0 radical (unpaired) electrons. The highest BCUT2D eigenvalue weighted by Gasteiger charge is 2.16. The van der Waals surface area contributed by atoms with Gasteiger partial charge in [-0.15, -0.1) is 0 Å². The van der Waals surface area contributed by atoms with Gasteiger partial charge >= 0.3 is 0 Å². The minimum absolute atomic E-state index is 0.223. The highest BCUT2D eigenvalue weighted by Crippen LogP contribution is 2.21. The van der Waals surface area contributed by atoms with Crippen LogP contribution in [0.2, 0.25) is 5.02 Å². The molecule has 0 bridgehead atoms. The molecule has 3 rings (SSSR count). The molecule has 0 aliphatic heterocycles. The molecule has 0 aliphatic carbocycles. The van der Waals surface area contributed by atoms with Crippen LogP contribution in [0.25, 0.3) is 0 Å². The third-order valence-electron chi connectivity index (χ3n) is 4.36. The number of hydrogen-bond donors (Lipinski definition) is 1. The highest BCUT2D eigenvalue weighted by molar-refractivity contribution is 6.31. The Morgan fingerprint density at radius 1 is 0.966 bits per heavy atom. The van der Waals surface area contributed by atoms with Gasteiger partial charge in [0.15, 0.2) is 11.9 Å². The summed E-state index contributed by atoms with van der Waals surface area (Å²) in [5.41, 5.74) is 2.34. The van der Waals surface area contributed by atoms with Crippen LogP contribution in [0, 0.1) is 12.7 Å². The van der Waals surface area contributed by atoms with Crippen LogP contribution in [-0.4, -0.2) is 17.8 Å². The summed E-state index contributed by atoms with van der Waals surface area (Å²) in [6.45, 7) is 3.50. The van der Waals surface area contributed by atoms with E-state index in [0.29, 0.717) is 27.6 Å². The molecular weight excluding hydrogens is 393 g/mol. The molecule has 0 aliphatic rings. The van der Waals surface area contributed by atoms with E-state index < -0.39 is 11.9 Å². The number of hydrogen-bond acceptors (Lipinski definition) is 3. The van der Waals surface area contributed by atoms with Gasteiger partial charge in [0.1, 0.15) is 11.6 Å². The van der Waals surface area contributed by atoms with E-state index in [1.807, 2.05) is 13.0 Å². The number of carbonyl (C=O) groups is 2. The number of benzene rings is 3. The molecule has 6 heteroatoms. The summed E-state index contributed by atoms with van der Waals surface area (Å²) in [4.78, 5) is 24.8. The lowest BCUT2D eigenvalue weighted by Gasteiger charge is -2.16. The van der Waals surface area contributed by atoms with Crippen LogP contribution < -0.4 is 10.1 Å². The molecule has 4 nitrogen and oxygen atoms in total. The zero-order chi connectivity index (χ0) is 21.0. The van der Waals surface area contributed by atoms with Crippen molar-refractivity contribution in [2.24, 2.45) is 0 Å². The number of carbonyl (C=O) groups excluding carboxylic acids is 2. The second kappa shape index (κ2) is 8.88. The number of nitrogens with one attached hydrogen (secondary N) is 1. The van der Waals surface area contributed by atoms with Crippen LogP contribution in [0.5, 0.6) is 5.75 Å². The maximum absolute atomic E-state index is 13.0. The summed E-state index contributed by atoms with van der Waals surface area (Å²) in [6.07, 6.45) is -0.757. The Hall–Kier alpha value is -3.18. The summed E-state index contributed by atoms with van der Waals surface area (Å²) >= 11 is 5.97. The molecule has 0 saturated heterocycles. The number of rotatable bonds is 6. The Morgan fingerprint density at radius 3 is 2.17 bits per heavy atom. The topological polar surface area (TPSA) is 55.4 Å². The number of aryl methyl sites for hydroxylation is 1. The van der Waals surface area contributed by atoms with Gasteiger partial charge in [-0.1, -0.05) is 17.7 Å². The lowest BCUT2D eigenvalue weighted by atomic mass is 10.0. The molecule has 0 fully saturated rings. The first kappa shape index (κ1) is 20.6. The van der Waals surface area contributed by atoms with Crippen molar-refractivity contribution in [2.75, 3.05) is 5.32 Å². The van der Waals surface area contributed by atoms with E-state index in [1.54, 1.807) is 43.3 Å². The molecule has 148 valence electrons. The van der Waals surface area contributed by atoms with Gasteiger partial charge < -0.3 is 10.1 Å². The maximum atomic E-state index is 13.0. The lowest BCUT2D eigenvalue weighted by molar-refractivity contribution is -0.122. The van der Waals surface area contributed by atoms with E-state index in [9.17, 15) is 14.0 Å². The van der Waals surface area contributed by atoms with Crippen molar-refractivity contribution < 1.29 is 18.7 Å². The fourth-order valence-electron chi connectivity index (χ4n) is 2.67. The molecule has 3 aromatic carbocycles. The molecule has 0 heterocycles. The minimum Gasteiger partial charge on any atom is -0.481 e. The number of amides is 1. The van der Waals surface area contributed by atoms with Crippen molar-refractivity contribution in [3.05, 3.63) is 94.3 Å². The second-order valence-corrected chi connectivity index (χ2v) is 7.01. The van der Waals surface area contributed by atoms with E-state index in [4.69, 9.17) is 16.3 Å². The standard InChI is InChI=1S/C23H19ClFNO3/c1-14-3-8-18(24)13-21(14)26-23(28)15(2)29-20-11-6-17(7-12-20)22(27)16-4-9-19(25)10-5-16/h3-13,15H,1-2H3,(H,26,28). The number of anilines is 1. The molecule has 0 spiro atoms. The monoisotopic (exact) mass is 411 g/mol. The highest BCUT2D eigenvalue weighted by atomic mass is 35.5. The van der Waals surface area contributed by atoms with E-state index in [2.05, 4.69) is 5.32 Å². The van der Waals surface area contributed by atoms with E-state index in [0.717, 1.165) is 5.56 Å². The molecule has 29 heavy (non-hydrogen) atoms. The molecule has 0 saturated carbocycles. The Labute approximate surface area is 173 Å².